The van der Waals surface area contributed by atoms with Crippen LogP contribution in [0.2, 0.25) is 0 Å². The Bertz CT molecular complexity index is 885. The van der Waals surface area contributed by atoms with Gasteiger partial charge < -0.3 is 14.2 Å². The second-order valence-electron chi connectivity index (χ2n) is 18.8. The molecule has 6 nitrogen and oxygen atoms in total. The van der Waals surface area contributed by atoms with Gasteiger partial charge in [0, 0.05) is 19.3 Å². The topological polar surface area (TPSA) is 78.9 Å². The van der Waals surface area contributed by atoms with Crippen LogP contribution in [0.1, 0.15) is 285 Å². The third-order valence-corrected chi connectivity index (χ3v) is 11.7. The van der Waals surface area contributed by atoms with Crippen LogP contribution in [0.4, 0.5) is 0 Å². The molecule has 0 saturated heterocycles. The highest BCUT2D eigenvalue weighted by Crippen LogP contribution is 2.17. The molecule has 6 heteroatoms. The molecule has 0 aromatic heterocycles. The van der Waals surface area contributed by atoms with Crippen molar-refractivity contribution < 1.29 is 28.6 Å². The SMILES string of the molecule is CCCCCCCCCCCCCCCCCC(=O)OC[C@H](COC(=O)CCCCCCCCCCC(C)C)OC(=O)CCCCCCCCCCCCCC(C)C. The molecule has 1 atom stereocenters. The Labute approximate surface area is 361 Å². The standard InChI is InChI=1S/C52H100O6/c1-6-7-8-9-10-11-12-13-14-15-18-21-27-32-37-42-50(53)56-45-49(46-57-51(54)43-38-33-28-24-23-26-31-36-41-48(4)5)58-52(55)44-39-34-29-22-19-16-17-20-25-30-35-40-47(2)3/h47-49H,6-46H2,1-5H3/t49-/m1/s1. The van der Waals surface area contributed by atoms with Crippen molar-refractivity contribution in [3.63, 3.8) is 0 Å². The van der Waals surface area contributed by atoms with Crippen molar-refractivity contribution in [1.29, 1.82) is 0 Å². The van der Waals surface area contributed by atoms with Gasteiger partial charge in [0.1, 0.15) is 13.2 Å². The quantitative estimate of drug-likeness (QED) is 0.0346. The van der Waals surface area contributed by atoms with Crippen LogP contribution in [-0.4, -0.2) is 37.2 Å². The highest BCUT2D eigenvalue weighted by atomic mass is 16.6. The van der Waals surface area contributed by atoms with Crippen molar-refractivity contribution in [3.05, 3.63) is 0 Å². The average Bonchev–Trinajstić information content (AvgIpc) is 3.19. The Kier molecular flexibility index (Phi) is 43.7. The van der Waals surface area contributed by atoms with Crippen molar-refractivity contribution in [3.8, 4) is 0 Å². The summed E-state index contributed by atoms with van der Waals surface area (Å²) in [6, 6.07) is 0. The first kappa shape index (κ1) is 56.4. The van der Waals surface area contributed by atoms with E-state index in [1.54, 1.807) is 0 Å². The van der Waals surface area contributed by atoms with E-state index < -0.39 is 6.10 Å². The van der Waals surface area contributed by atoms with E-state index in [9.17, 15) is 14.4 Å². The fourth-order valence-corrected chi connectivity index (χ4v) is 7.81. The minimum Gasteiger partial charge on any atom is -0.462 e. The van der Waals surface area contributed by atoms with Crippen LogP contribution < -0.4 is 0 Å². The van der Waals surface area contributed by atoms with E-state index in [-0.39, 0.29) is 31.1 Å². The first-order chi connectivity index (χ1) is 28.2. The van der Waals surface area contributed by atoms with Crippen molar-refractivity contribution >= 4 is 17.9 Å². The van der Waals surface area contributed by atoms with Crippen LogP contribution in [0.3, 0.4) is 0 Å². The van der Waals surface area contributed by atoms with Crippen LogP contribution in [0.5, 0.6) is 0 Å². The van der Waals surface area contributed by atoms with Crippen LogP contribution in [0.15, 0.2) is 0 Å². The molecule has 0 aliphatic rings. The average molecular weight is 821 g/mol. The zero-order valence-corrected chi connectivity index (χ0v) is 39.7. The molecule has 0 rings (SSSR count). The molecular weight excluding hydrogens is 721 g/mol. The molecule has 0 aliphatic carbocycles. The highest BCUT2D eigenvalue weighted by Gasteiger charge is 2.19. The zero-order valence-electron chi connectivity index (χ0n) is 39.7. The number of esters is 3. The molecule has 0 fully saturated rings. The minimum atomic E-state index is -0.762. The predicted molar refractivity (Wildman–Crippen MR) is 247 cm³/mol. The predicted octanol–water partition coefficient (Wildman–Crippen LogP) is 16.5. The van der Waals surface area contributed by atoms with E-state index in [0.717, 1.165) is 69.6 Å². The van der Waals surface area contributed by atoms with E-state index in [0.29, 0.717) is 19.3 Å². The highest BCUT2D eigenvalue weighted by molar-refractivity contribution is 5.71. The third-order valence-electron chi connectivity index (χ3n) is 11.7. The van der Waals surface area contributed by atoms with Crippen molar-refractivity contribution in [1.82, 2.24) is 0 Å². The van der Waals surface area contributed by atoms with E-state index in [1.165, 1.54) is 173 Å². The first-order valence-electron chi connectivity index (χ1n) is 25.7. The van der Waals surface area contributed by atoms with Crippen LogP contribution >= 0.6 is 0 Å². The zero-order chi connectivity index (χ0) is 42.6. The number of rotatable bonds is 46. The molecular formula is C52H100O6. The Hall–Kier alpha value is -1.59. The molecule has 0 saturated carbocycles. The molecule has 0 aromatic rings. The molecule has 344 valence electrons. The summed E-state index contributed by atoms with van der Waals surface area (Å²) in [5.74, 6) is 0.771. The summed E-state index contributed by atoms with van der Waals surface area (Å²) >= 11 is 0. The van der Waals surface area contributed by atoms with Gasteiger partial charge in [0.25, 0.3) is 0 Å². The second-order valence-corrected chi connectivity index (χ2v) is 18.8. The number of hydrogen-bond acceptors (Lipinski definition) is 6. The number of ether oxygens (including phenoxy) is 3. The molecule has 0 bridgehead atoms. The Morgan fingerprint density at radius 2 is 0.569 bits per heavy atom. The summed E-state index contributed by atoms with van der Waals surface area (Å²) in [6.45, 7) is 11.3. The molecule has 58 heavy (non-hydrogen) atoms. The van der Waals surface area contributed by atoms with E-state index in [1.807, 2.05) is 0 Å². The lowest BCUT2D eigenvalue weighted by Crippen LogP contribution is -2.30. The van der Waals surface area contributed by atoms with Crippen LogP contribution in [0, 0.1) is 11.8 Å². The maximum atomic E-state index is 12.8. The lowest BCUT2D eigenvalue weighted by molar-refractivity contribution is -0.167. The van der Waals surface area contributed by atoms with E-state index in [4.69, 9.17) is 14.2 Å². The largest absolute Gasteiger partial charge is 0.462 e. The van der Waals surface area contributed by atoms with Gasteiger partial charge in [-0.05, 0) is 31.1 Å². The molecule has 0 heterocycles. The maximum Gasteiger partial charge on any atom is 0.306 e. The van der Waals surface area contributed by atoms with Gasteiger partial charge in [-0.15, -0.1) is 0 Å². The lowest BCUT2D eigenvalue weighted by Gasteiger charge is -2.18. The summed E-state index contributed by atoms with van der Waals surface area (Å²) in [7, 11) is 0. The second kappa shape index (κ2) is 44.9. The third kappa shape index (κ3) is 45.5. The van der Waals surface area contributed by atoms with Gasteiger partial charge in [0.2, 0.25) is 0 Å². The first-order valence-corrected chi connectivity index (χ1v) is 25.7. The van der Waals surface area contributed by atoms with Gasteiger partial charge >= 0.3 is 17.9 Å². The lowest BCUT2D eigenvalue weighted by atomic mass is 10.0. The summed E-state index contributed by atoms with van der Waals surface area (Å²) in [4.78, 5) is 37.9. The normalized spacial score (nSPS) is 12.1. The monoisotopic (exact) mass is 821 g/mol. The number of unbranched alkanes of at least 4 members (excludes halogenated alkanes) is 31. The minimum absolute atomic E-state index is 0.0640. The van der Waals surface area contributed by atoms with Crippen molar-refractivity contribution in [2.45, 2.75) is 291 Å². The smallest absolute Gasteiger partial charge is 0.306 e. The molecule has 0 radical (unpaired) electrons. The molecule has 0 amide bonds. The number of hydrogen-bond donors (Lipinski definition) is 0. The molecule has 0 unspecified atom stereocenters. The van der Waals surface area contributed by atoms with Gasteiger partial charge in [-0.2, -0.15) is 0 Å². The van der Waals surface area contributed by atoms with Gasteiger partial charge in [-0.1, -0.05) is 247 Å². The fraction of sp³-hybridized carbons (Fsp3) is 0.942. The van der Waals surface area contributed by atoms with E-state index in [2.05, 4.69) is 34.6 Å². The summed E-state index contributed by atoms with van der Waals surface area (Å²) in [5.41, 5.74) is 0. The van der Waals surface area contributed by atoms with Gasteiger partial charge in [-0.3, -0.25) is 14.4 Å². The summed E-state index contributed by atoms with van der Waals surface area (Å²) < 4.78 is 16.8. The molecule has 0 aromatic carbocycles. The summed E-state index contributed by atoms with van der Waals surface area (Å²) in [6.07, 6.45) is 45.2. The number of carbonyl (C=O) groups excluding carboxylic acids is 3. The van der Waals surface area contributed by atoms with Gasteiger partial charge in [0.15, 0.2) is 6.10 Å². The molecule has 0 aliphatic heterocycles. The van der Waals surface area contributed by atoms with Gasteiger partial charge in [-0.25, -0.2) is 0 Å². The Balaban J connectivity index is 4.31. The Morgan fingerprint density at radius 3 is 0.845 bits per heavy atom. The Morgan fingerprint density at radius 1 is 0.328 bits per heavy atom. The van der Waals surface area contributed by atoms with Crippen molar-refractivity contribution in [2.75, 3.05) is 13.2 Å². The van der Waals surface area contributed by atoms with Gasteiger partial charge in [0.05, 0.1) is 0 Å². The molecule has 0 N–H and O–H groups in total. The summed E-state index contributed by atoms with van der Waals surface area (Å²) in [5, 5.41) is 0. The fourth-order valence-electron chi connectivity index (χ4n) is 7.81. The van der Waals surface area contributed by atoms with E-state index >= 15 is 0 Å². The van der Waals surface area contributed by atoms with Crippen molar-refractivity contribution in [2.24, 2.45) is 11.8 Å². The molecule has 0 spiro atoms. The van der Waals surface area contributed by atoms with Crippen LogP contribution in [-0.2, 0) is 28.6 Å². The maximum absolute atomic E-state index is 12.8. The number of carbonyl (C=O) groups is 3. The van der Waals surface area contributed by atoms with Crippen LogP contribution in [0.25, 0.3) is 0 Å².